The Labute approximate surface area is 265 Å². The topological polar surface area (TPSA) is 389 Å². The van der Waals surface area contributed by atoms with Crippen molar-refractivity contribution < 1.29 is 62.2 Å². The van der Waals surface area contributed by atoms with E-state index < -0.39 is 79.9 Å². The molecule has 24 nitrogen and oxygen atoms in total. The molecule has 4 heterocycles. The molecule has 43 heavy (non-hydrogen) atoms. The van der Waals surface area contributed by atoms with E-state index in [1.807, 2.05) is 20.3 Å². The quantitative estimate of drug-likeness (QED) is 0.0611. The second-order valence-electron chi connectivity index (χ2n) is 7.26. The summed E-state index contributed by atoms with van der Waals surface area (Å²) in [4.78, 5) is 86.2. The van der Waals surface area contributed by atoms with Gasteiger partial charge in [-0.2, -0.15) is 15.2 Å². The summed E-state index contributed by atoms with van der Waals surface area (Å²) < 4.78 is 0. The Hall–Kier alpha value is -5.81. The molecule has 0 radical (unpaired) electrons. The zero-order valence-electron chi connectivity index (χ0n) is 20.9. The molecule has 0 bridgehead atoms. The summed E-state index contributed by atoms with van der Waals surface area (Å²) in [5.41, 5.74) is -8.22. The third-order valence-corrected chi connectivity index (χ3v) is 4.34. The van der Waals surface area contributed by atoms with Gasteiger partial charge in [0.2, 0.25) is 52.2 Å². The Kier molecular flexibility index (Phi) is 11.0. The third kappa shape index (κ3) is 8.35. The van der Waals surface area contributed by atoms with Gasteiger partial charge in [0.05, 0.1) is 0 Å². The second kappa shape index (κ2) is 14.2. The van der Waals surface area contributed by atoms with Crippen molar-refractivity contribution in [2.45, 2.75) is 6.92 Å². The van der Waals surface area contributed by atoms with Crippen LogP contribution in [0.4, 0.5) is 28.7 Å². The minimum absolute atomic E-state index is 0. The molecule has 0 aliphatic carbocycles. The Balaban J connectivity index is 0.000000295. The van der Waals surface area contributed by atoms with Crippen LogP contribution in [-0.4, -0.2) is 60.3 Å². The van der Waals surface area contributed by atoms with Gasteiger partial charge in [-0.05, 0) is 6.92 Å². The summed E-state index contributed by atoms with van der Waals surface area (Å²) in [7, 11) is 0. The van der Waals surface area contributed by atoms with E-state index in [1.54, 1.807) is 4.98 Å². The van der Waals surface area contributed by atoms with Gasteiger partial charge in [0, 0.05) is 41.7 Å². The molecular formula is C18H14CeN14O10. The molecule has 0 aromatic carbocycles. The van der Waals surface area contributed by atoms with Gasteiger partial charge in [-0.15, -0.1) is 20.5 Å². The van der Waals surface area contributed by atoms with E-state index in [0.717, 1.165) is 0 Å². The number of H-pyrrole nitrogens is 6. The zero-order chi connectivity index (χ0) is 31.1. The predicted molar refractivity (Wildman–Crippen MR) is 134 cm³/mol. The molecule has 0 saturated heterocycles. The summed E-state index contributed by atoms with van der Waals surface area (Å²) in [5, 5.41) is 61.2. The molecule has 0 unspecified atom stereocenters. The largest absolute Gasteiger partial charge is 0.493 e. The molecule has 25 heteroatoms. The van der Waals surface area contributed by atoms with Crippen LogP contribution in [0.5, 0.6) is 23.5 Å². The number of nitriles is 1. The standard InChI is InChI=1S/C9H6N8O5.C9H8N6O5.Ce/c10-1-11-8-12-4(18)2(5(19)13-8)16-17-3-6(20)14-9(22)15-7(3)21;1-2-10-5(16)3(6(17)11-2)14-15-4-7(18)12-9(20)13-8(4)19;/h(H3,11,12,13,18,19)(H3,14,15,20,21,22);1H3,(H2,10,11,16,17)(H3,12,13,18,19,20);. The first-order chi connectivity index (χ1) is 19.8. The number of aryl methyl sites for hydroxylation is 1. The fourth-order valence-electron chi connectivity index (χ4n) is 2.63. The Morgan fingerprint density at radius 3 is 1.42 bits per heavy atom. The van der Waals surface area contributed by atoms with Crippen LogP contribution >= 0.6 is 0 Å². The molecule has 0 saturated carbocycles. The molecule has 0 aliphatic rings. The number of anilines is 1. The monoisotopic (exact) mass is 726 g/mol. The minimum Gasteiger partial charge on any atom is -0.493 e. The Morgan fingerprint density at radius 2 is 1.02 bits per heavy atom. The predicted octanol–water partition coefficient (Wildman–Crippen LogP) is -1.85. The number of azo groups is 2. The molecule has 11 N–H and O–H groups in total. The molecule has 0 amide bonds. The SMILES string of the molecule is Cc1nc(O)c(N=Nc2c(O)[nH]c(=O)[nH]c2=O)c(=O)[nH]1.N#CNc1nc(O)c(N=Nc2c(O)[nH]c(=O)[nH]c2=O)c(=O)[nH]1.[Ce]. The van der Waals surface area contributed by atoms with E-state index in [4.69, 9.17) is 5.26 Å². The Bertz CT molecular complexity index is 2130. The van der Waals surface area contributed by atoms with Crippen molar-refractivity contribution in [3.63, 3.8) is 0 Å². The number of nitrogens with one attached hydrogen (secondary N) is 7. The van der Waals surface area contributed by atoms with Crippen molar-refractivity contribution in [3.8, 4) is 29.7 Å². The van der Waals surface area contributed by atoms with E-state index in [1.165, 1.54) is 13.1 Å². The number of nitrogens with zero attached hydrogens (tertiary/aromatic N) is 7. The van der Waals surface area contributed by atoms with Crippen LogP contribution in [0.15, 0.2) is 49.2 Å². The maximum atomic E-state index is 11.6. The Morgan fingerprint density at radius 1 is 0.628 bits per heavy atom. The number of aromatic nitrogens is 8. The van der Waals surface area contributed by atoms with Crippen LogP contribution in [0, 0.1) is 60.1 Å². The van der Waals surface area contributed by atoms with Gasteiger partial charge in [-0.1, -0.05) is 0 Å². The first kappa shape index (κ1) is 33.4. The number of hydrogen-bond acceptors (Lipinski definition) is 18. The number of aromatic amines is 6. The molecule has 0 aliphatic heterocycles. The van der Waals surface area contributed by atoms with Crippen molar-refractivity contribution in [1.82, 2.24) is 39.9 Å². The molecule has 4 aromatic heterocycles. The van der Waals surface area contributed by atoms with Gasteiger partial charge in [0.15, 0.2) is 6.19 Å². The summed E-state index contributed by atoms with van der Waals surface area (Å²) in [6.07, 6.45) is 1.48. The molecule has 4 aromatic rings. The molecule has 4 rings (SSSR count). The maximum Gasteiger partial charge on any atom is 0.328 e. The minimum atomic E-state index is -1.06. The average Bonchev–Trinajstić information content (AvgIpc) is 2.86. The number of aromatic hydroxyl groups is 4. The van der Waals surface area contributed by atoms with Crippen LogP contribution in [0.25, 0.3) is 0 Å². The number of rotatable bonds is 5. The fraction of sp³-hybridized carbons (Fsp3) is 0.0556. The first-order valence-electron chi connectivity index (χ1n) is 10.5. The molecule has 0 spiro atoms. The van der Waals surface area contributed by atoms with Crippen LogP contribution in [-0.2, 0) is 0 Å². The first-order valence-corrected chi connectivity index (χ1v) is 10.5. The van der Waals surface area contributed by atoms with Crippen LogP contribution in [0.2, 0.25) is 0 Å². The molecular weight excluding hydrogens is 712 g/mol. The van der Waals surface area contributed by atoms with Crippen molar-refractivity contribution >= 4 is 28.7 Å². The number of hydrogen-bond donors (Lipinski definition) is 11. The summed E-state index contributed by atoms with van der Waals surface area (Å²) in [5.74, 6) is -3.41. The van der Waals surface area contributed by atoms with E-state index >= 15 is 0 Å². The maximum absolute atomic E-state index is 11.6. The van der Waals surface area contributed by atoms with E-state index in [2.05, 4.69) is 40.4 Å². The van der Waals surface area contributed by atoms with E-state index in [9.17, 15) is 49.2 Å². The van der Waals surface area contributed by atoms with Crippen molar-refractivity contribution in [1.29, 1.82) is 5.26 Å². The van der Waals surface area contributed by atoms with Crippen molar-refractivity contribution in [2.24, 2.45) is 20.5 Å². The van der Waals surface area contributed by atoms with Gasteiger partial charge in [-0.3, -0.25) is 49.4 Å². The molecule has 0 atom stereocenters. The smallest absolute Gasteiger partial charge is 0.328 e. The summed E-state index contributed by atoms with van der Waals surface area (Å²) in [6, 6.07) is 0. The van der Waals surface area contributed by atoms with E-state index in [0.29, 0.717) is 0 Å². The van der Waals surface area contributed by atoms with Gasteiger partial charge in [-0.25, -0.2) is 9.59 Å². The van der Waals surface area contributed by atoms with Gasteiger partial charge in [0.25, 0.3) is 22.2 Å². The van der Waals surface area contributed by atoms with E-state index in [-0.39, 0.29) is 53.5 Å². The zero-order valence-corrected chi connectivity index (χ0v) is 24.0. The van der Waals surface area contributed by atoms with Gasteiger partial charge >= 0.3 is 11.4 Å². The van der Waals surface area contributed by atoms with Crippen molar-refractivity contribution in [3.05, 3.63) is 68.2 Å². The summed E-state index contributed by atoms with van der Waals surface area (Å²) >= 11 is 0. The van der Waals surface area contributed by atoms with Crippen LogP contribution in [0.1, 0.15) is 5.82 Å². The van der Waals surface area contributed by atoms with Crippen LogP contribution < -0.4 is 38.9 Å². The van der Waals surface area contributed by atoms with Crippen LogP contribution in [0.3, 0.4) is 0 Å². The van der Waals surface area contributed by atoms with Gasteiger partial charge in [0.1, 0.15) is 5.82 Å². The third-order valence-electron chi connectivity index (χ3n) is 4.34. The molecule has 0 fully saturated rings. The average molecular weight is 727 g/mol. The second-order valence-corrected chi connectivity index (χ2v) is 7.26. The molecule has 220 valence electrons. The summed E-state index contributed by atoms with van der Waals surface area (Å²) in [6.45, 7) is 1.44. The van der Waals surface area contributed by atoms with Gasteiger partial charge < -0.3 is 25.4 Å². The normalized spacial score (nSPS) is 10.5. The fourth-order valence-corrected chi connectivity index (χ4v) is 2.63. The van der Waals surface area contributed by atoms with Crippen molar-refractivity contribution in [2.75, 3.05) is 5.32 Å².